The van der Waals surface area contributed by atoms with Gasteiger partial charge in [-0.1, -0.05) is 68.3 Å². The summed E-state index contributed by atoms with van der Waals surface area (Å²) in [6, 6.07) is 20.5. The molecule has 0 aromatic heterocycles. The van der Waals surface area contributed by atoms with Crippen LogP contribution in [0.25, 0.3) is 10.8 Å². The molecule has 0 aliphatic carbocycles. The lowest BCUT2D eigenvalue weighted by molar-refractivity contribution is -0.384. The number of hydrogen-bond acceptors (Lipinski definition) is 6. The third-order valence-corrected chi connectivity index (χ3v) is 7.22. The van der Waals surface area contributed by atoms with Crippen molar-refractivity contribution in [2.75, 3.05) is 32.8 Å². The van der Waals surface area contributed by atoms with E-state index >= 15 is 0 Å². The van der Waals surface area contributed by atoms with Gasteiger partial charge in [0.05, 0.1) is 11.5 Å². The number of nitrogens with zero attached hydrogens (tertiary/aromatic N) is 3. The Bertz CT molecular complexity index is 1190. The molecule has 2 atom stereocenters. The number of piperazine rings is 1. The molecule has 1 heterocycles. The Morgan fingerprint density at radius 2 is 1.86 bits per heavy atom. The Labute approximate surface area is 218 Å². The van der Waals surface area contributed by atoms with Gasteiger partial charge in [0.25, 0.3) is 11.6 Å². The molecule has 0 saturated carbocycles. The summed E-state index contributed by atoms with van der Waals surface area (Å²) in [6.45, 7) is 5.42. The number of aliphatic hydroxyl groups excluding tert-OH is 1. The molecule has 1 fully saturated rings. The zero-order valence-electron chi connectivity index (χ0n) is 21.4. The van der Waals surface area contributed by atoms with Crippen molar-refractivity contribution in [1.29, 1.82) is 0 Å². The van der Waals surface area contributed by atoms with Gasteiger partial charge in [-0.2, -0.15) is 0 Å². The molecule has 1 amide bonds. The fourth-order valence-electron chi connectivity index (χ4n) is 5.08. The number of benzene rings is 3. The van der Waals surface area contributed by atoms with Gasteiger partial charge in [-0.25, -0.2) is 0 Å². The van der Waals surface area contributed by atoms with E-state index in [9.17, 15) is 20.0 Å². The summed E-state index contributed by atoms with van der Waals surface area (Å²) in [5, 5.41) is 26.4. The van der Waals surface area contributed by atoms with Crippen LogP contribution >= 0.6 is 0 Å². The molecule has 1 saturated heterocycles. The Morgan fingerprint density at radius 1 is 1.11 bits per heavy atom. The van der Waals surface area contributed by atoms with Crippen LogP contribution in [-0.4, -0.2) is 70.6 Å². The number of carbonyl (C=O) groups is 1. The molecule has 0 spiro atoms. The highest BCUT2D eigenvalue weighted by molar-refractivity contribution is 6.07. The van der Waals surface area contributed by atoms with Crippen LogP contribution in [-0.2, 0) is 6.54 Å². The number of non-ortho nitro benzene ring substituents is 1. The van der Waals surface area contributed by atoms with Crippen molar-refractivity contribution in [2.24, 2.45) is 0 Å². The van der Waals surface area contributed by atoms with E-state index in [0.717, 1.165) is 47.7 Å². The molecule has 37 heavy (non-hydrogen) atoms. The number of fused-ring (bicyclic) bond motifs is 1. The largest absolute Gasteiger partial charge is 0.395 e. The molecule has 8 nitrogen and oxygen atoms in total. The molecule has 3 aromatic carbocycles. The monoisotopic (exact) mass is 504 g/mol. The smallest absolute Gasteiger partial charge is 0.269 e. The standard InChI is InChI=1S/C29H36N4O4/c1-2-3-9-26-20-32(29(35)28-11-6-8-23-7-4-5-10-27(23)28)17-16-31(26)19-24(21-34)30-18-22-12-14-25(15-13-22)33(36)37/h4-8,10-15,24,26,30,34H,2-3,9,16-21H2,1H3. The highest BCUT2D eigenvalue weighted by atomic mass is 16.6. The molecule has 0 radical (unpaired) electrons. The fraction of sp³-hybridized carbons (Fsp3) is 0.414. The Hall–Kier alpha value is -3.33. The van der Waals surface area contributed by atoms with Gasteiger partial charge >= 0.3 is 0 Å². The third-order valence-electron chi connectivity index (χ3n) is 7.22. The van der Waals surface area contributed by atoms with Gasteiger partial charge in [0.1, 0.15) is 0 Å². The van der Waals surface area contributed by atoms with Gasteiger partial charge in [0.15, 0.2) is 0 Å². The van der Waals surface area contributed by atoms with Gasteiger partial charge in [0, 0.05) is 62.5 Å². The lowest BCUT2D eigenvalue weighted by Crippen LogP contribution is -2.57. The summed E-state index contributed by atoms with van der Waals surface area (Å²) < 4.78 is 0. The third kappa shape index (κ3) is 6.71. The van der Waals surface area contributed by atoms with Crippen LogP contribution in [0.3, 0.4) is 0 Å². The van der Waals surface area contributed by atoms with Crippen LogP contribution in [0.2, 0.25) is 0 Å². The SMILES string of the molecule is CCCCC1CN(C(=O)c2cccc3ccccc23)CCN1CC(CO)NCc1ccc([N+](=O)[O-])cc1. The van der Waals surface area contributed by atoms with Gasteiger partial charge < -0.3 is 15.3 Å². The molecular formula is C29H36N4O4. The van der Waals surface area contributed by atoms with Crippen molar-refractivity contribution in [3.05, 3.63) is 88.0 Å². The number of aliphatic hydroxyl groups is 1. The van der Waals surface area contributed by atoms with Crippen molar-refractivity contribution in [3.63, 3.8) is 0 Å². The summed E-state index contributed by atoms with van der Waals surface area (Å²) in [5.74, 6) is 0.0768. The second kappa shape index (κ2) is 12.8. The number of nitro groups is 1. The van der Waals surface area contributed by atoms with E-state index in [4.69, 9.17) is 0 Å². The van der Waals surface area contributed by atoms with E-state index in [0.29, 0.717) is 26.2 Å². The maximum Gasteiger partial charge on any atom is 0.269 e. The first-order chi connectivity index (χ1) is 18.0. The van der Waals surface area contributed by atoms with Crippen molar-refractivity contribution in [3.8, 4) is 0 Å². The van der Waals surface area contributed by atoms with Crippen LogP contribution < -0.4 is 5.32 Å². The average Bonchev–Trinajstić information content (AvgIpc) is 2.94. The van der Waals surface area contributed by atoms with Crippen LogP contribution in [0.4, 0.5) is 5.69 Å². The Balaban J connectivity index is 1.40. The predicted octanol–water partition coefficient (Wildman–Crippen LogP) is 4.22. The number of hydrogen-bond donors (Lipinski definition) is 2. The highest BCUT2D eigenvalue weighted by Crippen LogP contribution is 2.23. The summed E-state index contributed by atoms with van der Waals surface area (Å²) in [7, 11) is 0. The maximum atomic E-state index is 13.6. The quantitative estimate of drug-likeness (QED) is 0.300. The number of unbranched alkanes of at least 4 members (excludes halogenated alkanes) is 1. The van der Waals surface area contributed by atoms with Crippen molar-refractivity contribution in [2.45, 2.75) is 44.8 Å². The summed E-state index contributed by atoms with van der Waals surface area (Å²) in [4.78, 5) is 28.4. The summed E-state index contributed by atoms with van der Waals surface area (Å²) in [6.07, 6.45) is 3.16. The first-order valence-corrected chi connectivity index (χ1v) is 13.1. The minimum absolute atomic E-state index is 0.0113. The molecule has 1 aliphatic rings. The predicted molar refractivity (Wildman–Crippen MR) is 146 cm³/mol. The van der Waals surface area contributed by atoms with E-state index in [2.05, 4.69) is 17.1 Å². The van der Waals surface area contributed by atoms with Gasteiger partial charge in [-0.15, -0.1) is 0 Å². The zero-order chi connectivity index (χ0) is 26.2. The molecule has 0 bridgehead atoms. The lowest BCUT2D eigenvalue weighted by atomic mass is 10.0. The second-order valence-corrected chi connectivity index (χ2v) is 9.75. The van der Waals surface area contributed by atoms with E-state index in [1.54, 1.807) is 12.1 Å². The van der Waals surface area contributed by atoms with E-state index in [1.807, 2.05) is 47.4 Å². The second-order valence-electron chi connectivity index (χ2n) is 9.75. The van der Waals surface area contributed by atoms with Crippen LogP contribution in [0, 0.1) is 10.1 Å². The first-order valence-electron chi connectivity index (χ1n) is 13.1. The highest BCUT2D eigenvalue weighted by Gasteiger charge is 2.31. The summed E-state index contributed by atoms with van der Waals surface area (Å²) >= 11 is 0. The lowest BCUT2D eigenvalue weighted by Gasteiger charge is -2.43. The van der Waals surface area contributed by atoms with E-state index in [1.165, 1.54) is 12.1 Å². The van der Waals surface area contributed by atoms with Gasteiger partial charge in [-0.3, -0.25) is 19.8 Å². The number of rotatable bonds is 11. The van der Waals surface area contributed by atoms with Gasteiger partial charge in [0.2, 0.25) is 0 Å². The minimum atomic E-state index is -0.408. The number of nitro benzene ring substituents is 1. The first kappa shape index (κ1) is 26.7. The van der Waals surface area contributed by atoms with Crippen LogP contribution in [0.5, 0.6) is 0 Å². The van der Waals surface area contributed by atoms with Crippen LogP contribution in [0.1, 0.15) is 42.1 Å². The molecule has 4 rings (SSSR count). The van der Waals surface area contributed by atoms with Gasteiger partial charge in [-0.05, 0) is 28.8 Å². The molecule has 196 valence electrons. The molecule has 2 unspecified atom stereocenters. The van der Waals surface area contributed by atoms with Crippen molar-refractivity contribution in [1.82, 2.24) is 15.1 Å². The minimum Gasteiger partial charge on any atom is -0.395 e. The normalized spacial score (nSPS) is 17.1. The Kier molecular flexibility index (Phi) is 9.22. The van der Waals surface area contributed by atoms with Crippen molar-refractivity contribution < 1.29 is 14.8 Å². The molecule has 8 heteroatoms. The maximum absolute atomic E-state index is 13.6. The number of nitrogens with one attached hydrogen (secondary N) is 1. The molecule has 1 aliphatic heterocycles. The average molecular weight is 505 g/mol. The molecule has 3 aromatic rings. The van der Waals surface area contributed by atoms with Crippen molar-refractivity contribution >= 4 is 22.4 Å². The Morgan fingerprint density at radius 3 is 2.59 bits per heavy atom. The van der Waals surface area contributed by atoms with Crippen LogP contribution in [0.15, 0.2) is 66.7 Å². The fourth-order valence-corrected chi connectivity index (χ4v) is 5.08. The summed E-state index contributed by atoms with van der Waals surface area (Å²) in [5.41, 5.74) is 1.74. The molecule has 2 N–H and O–H groups in total. The number of carbonyl (C=O) groups excluding carboxylic acids is 1. The number of amides is 1. The van der Waals surface area contributed by atoms with E-state index in [-0.39, 0.29) is 30.3 Å². The van der Waals surface area contributed by atoms with E-state index < -0.39 is 4.92 Å². The zero-order valence-corrected chi connectivity index (χ0v) is 21.4. The molecular weight excluding hydrogens is 468 g/mol. The topological polar surface area (TPSA) is 99.0 Å².